The molecule has 0 saturated carbocycles. The second-order valence-corrected chi connectivity index (χ2v) is 12.1. The summed E-state index contributed by atoms with van der Waals surface area (Å²) in [6.45, 7) is 6.98. The monoisotopic (exact) mass is 472 g/mol. The lowest BCUT2D eigenvalue weighted by atomic mass is 10.2. The SMILES string of the molecule is S=C(SSCCCCCCSSC(=S)N1CCOCC1)N1CCOCC1. The van der Waals surface area contributed by atoms with Crippen LogP contribution in [0.3, 0.4) is 0 Å². The molecule has 0 atom stereocenters. The molecule has 4 nitrogen and oxygen atoms in total. The number of thiocarbonyl (C=S) groups is 2. The van der Waals surface area contributed by atoms with Crippen molar-refractivity contribution in [1.82, 2.24) is 9.80 Å². The molecule has 0 amide bonds. The Labute approximate surface area is 184 Å². The Hall–Kier alpha value is 1.10. The van der Waals surface area contributed by atoms with Crippen molar-refractivity contribution >= 4 is 76.3 Å². The molecule has 0 aromatic carbocycles. The number of unbranched alkanes of at least 4 members (excludes halogenated alkanes) is 3. The highest BCUT2D eigenvalue weighted by Crippen LogP contribution is 2.28. The second kappa shape index (κ2) is 15.0. The van der Waals surface area contributed by atoms with Gasteiger partial charge in [-0.2, -0.15) is 0 Å². The van der Waals surface area contributed by atoms with Crippen LogP contribution < -0.4 is 0 Å². The molecule has 2 aliphatic heterocycles. The summed E-state index contributed by atoms with van der Waals surface area (Å²) in [6.07, 6.45) is 5.15. The predicted molar refractivity (Wildman–Crippen MR) is 129 cm³/mol. The molecule has 0 bridgehead atoms. The lowest BCUT2D eigenvalue weighted by molar-refractivity contribution is 0.0702. The summed E-state index contributed by atoms with van der Waals surface area (Å²) in [6, 6.07) is 0. The van der Waals surface area contributed by atoms with Crippen molar-refractivity contribution in [3.8, 4) is 0 Å². The van der Waals surface area contributed by atoms with Crippen LogP contribution in [0.2, 0.25) is 0 Å². The summed E-state index contributed by atoms with van der Waals surface area (Å²) < 4.78 is 12.7. The van der Waals surface area contributed by atoms with Crippen molar-refractivity contribution in [3.05, 3.63) is 0 Å². The fourth-order valence-corrected chi connectivity index (χ4v) is 7.72. The topological polar surface area (TPSA) is 24.9 Å². The Bertz CT molecular complexity index is 380. The van der Waals surface area contributed by atoms with E-state index >= 15 is 0 Å². The molecule has 0 unspecified atom stereocenters. The molecule has 2 fully saturated rings. The van der Waals surface area contributed by atoms with E-state index < -0.39 is 0 Å². The largest absolute Gasteiger partial charge is 0.378 e. The van der Waals surface area contributed by atoms with Gasteiger partial charge < -0.3 is 19.3 Å². The van der Waals surface area contributed by atoms with Gasteiger partial charge in [0.25, 0.3) is 0 Å². The van der Waals surface area contributed by atoms with Crippen molar-refractivity contribution in [1.29, 1.82) is 0 Å². The number of hydrogen-bond acceptors (Lipinski definition) is 8. The molecule has 2 heterocycles. The average molecular weight is 473 g/mol. The zero-order valence-electron chi connectivity index (χ0n) is 15.1. The molecule has 26 heavy (non-hydrogen) atoms. The summed E-state index contributed by atoms with van der Waals surface area (Å²) in [5, 5.41) is 0. The first-order chi connectivity index (χ1) is 12.8. The van der Waals surface area contributed by atoms with Gasteiger partial charge in [-0.25, -0.2) is 0 Å². The fourth-order valence-electron chi connectivity index (χ4n) is 2.46. The maximum Gasteiger partial charge on any atom is 0.147 e. The van der Waals surface area contributed by atoms with Crippen LogP contribution in [0, 0.1) is 0 Å². The first kappa shape index (κ1) is 23.4. The van der Waals surface area contributed by atoms with Crippen LogP contribution in [0.5, 0.6) is 0 Å². The van der Waals surface area contributed by atoms with Gasteiger partial charge >= 0.3 is 0 Å². The lowest BCUT2D eigenvalue weighted by Gasteiger charge is -2.28. The number of morpholine rings is 2. The Morgan fingerprint density at radius 2 is 1.04 bits per heavy atom. The van der Waals surface area contributed by atoms with Crippen LogP contribution in [-0.4, -0.2) is 82.6 Å². The molecule has 150 valence electrons. The van der Waals surface area contributed by atoms with E-state index in [0.717, 1.165) is 61.2 Å². The summed E-state index contributed by atoms with van der Waals surface area (Å²) >= 11 is 11.0. The normalized spacial score (nSPS) is 18.2. The highest BCUT2D eigenvalue weighted by Gasteiger charge is 2.15. The van der Waals surface area contributed by atoms with E-state index in [-0.39, 0.29) is 0 Å². The molecule has 0 N–H and O–H groups in total. The predicted octanol–water partition coefficient (Wildman–Crippen LogP) is 4.54. The van der Waals surface area contributed by atoms with Gasteiger partial charge in [0.1, 0.15) is 8.64 Å². The first-order valence-corrected chi connectivity index (χ1v) is 14.5. The molecule has 2 rings (SSSR count). The van der Waals surface area contributed by atoms with Crippen LogP contribution in [0.25, 0.3) is 0 Å². The molecular weight excluding hydrogens is 445 g/mol. The van der Waals surface area contributed by atoms with Crippen molar-refractivity contribution in [2.24, 2.45) is 0 Å². The minimum Gasteiger partial charge on any atom is -0.378 e. The van der Waals surface area contributed by atoms with Crippen molar-refractivity contribution in [2.45, 2.75) is 25.7 Å². The molecule has 0 aliphatic carbocycles. The lowest BCUT2D eigenvalue weighted by Crippen LogP contribution is -2.38. The van der Waals surface area contributed by atoms with E-state index in [1.807, 2.05) is 21.6 Å². The Morgan fingerprint density at radius 1 is 0.654 bits per heavy atom. The standard InChI is InChI=1S/C16H28N2O2S6/c21-15(17-5-9-19-10-6-17)25-23-13-3-1-2-4-14-24-26-16(22)18-7-11-20-12-8-18/h1-14H2. The van der Waals surface area contributed by atoms with Gasteiger partial charge in [-0.15, -0.1) is 0 Å². The van der Waals surface area contributed by atoms with Gasteiger partial charge in [0, 0.05) is 37.7 Å². The summed E-state index contributed by atoms with van der Waals surface area (Å²) in [5.74, 6) is 2.36. The van der Waals surface area contributed by atoms with E-state index in [2.05, 4.69) is 9.80 Å². The van der Waals surface area contributed by atoms with Gasteiger partial charge in [0.05, 0.1) is 26.4 Å². The zero-order chi connectivity index (χ0) is 18.5. The molecule has 0 aromatic heterocycles. The van der Waals surface area contributed by atoms with E-state index in [9.17, 15) is 0 Å². The quantitative estimate of drug-likeness (QED) is 0.270. The van der Waals surface area contributed by atoms with Crippen molar-refractivity contribution in [3.63, 3.8) is 0 Å². The van der Waals surface area contributed by atoms with Gasteiger partial charge in [-0.05, 0) is 34.4 Å². The molecular formula is C16H28N2O2S6. The number of nitrogens with zero attached hydrogens (tertiary/aromatic N) is 2. The van der Waals surface area contributed by atoms with Crippen molar-refractivity contribution in [2.75, 3.05) is 64.1 Å². The Balaban J connectivity index is 1.34. The summed E-state index contributed by atoms with van der Waals surface area (Å²) in [5.41, 5.74) is 0. The second-order valence-electron chi connectivity index (χ2n) is 5.96. The molecule has 0 radical (unpaired) electrons. The van der Waals surface area contributed by atoms with Crippen molar-refractivity contribution < 1.29 is 9.47 Å². The summed E-state index contributed by atoms with van der Waals surface area (Å²) in [4.78, 5) is 4.51. The molecule has 0 spiro atoms. The van der Waals surface area contributed by atoms with Gasteiger partial charge in [-0.1, -0.05) is 58.9 Å². The summed E-state index contributed by atoms with van der Waals surface area (Å²) in [7, 11) is 7.30. The third-order valence-electron chi connectivity index (χ3n) is 4.00. The Morgan fingerprint density at radius 3 is 1.42 bits per heavy atom. The first-order valence-electron chi connectivity index (χ1n) is 9.09. The van der Waals surface area contributed by atoms with E-state index in [4.69, 9.17) is 33.9 Å². The molecule has 0 aromatic rings. The fraction of sp³-hybridized carbons (Fsp3) is 0.875. The highest BCUT2D eigenvalue weighted by molar-refractivity contribution is 8.84. The third kappa shape index (κ3) is 10.0. The van der Waals surface area contributed by atoms with Gasteiger partial charge in [0.15, 0.2) is 0 Å². The highest BCUT2D eigenvalue weighted by atomic mass is 33.1. The van der Waals surface area contributed by atoms with Gasteiger partial charge in [0.2, 0.25) is 0 Å². The van der Waals surface area contributed by atoms with Crippen LogP contribution in [-0.2, 0) is 9.47 Å². The van der Waals surface area contributed by atoms with Crippen LogP contribution >= 0.6 is 67.6 Å². The Kier molecular flexibility index (Phi) is 13.5. The minimum atomic E-state index is 0.804. The van der Waals surface area contributed by atoms with Crippen LogP contribution in [0.15, 0.2) is 0 Å². The zero-order valence-corrected chi connectivity index (χ0v) is 20.0. The maximum atomic E-state index is 5.48. The number of rotatable bonds is 9. The molecule has 10 heteroatoms. The third-order valence-corrected chi connectivity index (χ3v) is 10.3. The molecule has 2 aliphatic rings. The molecule has 2 saturated heterocycles. The van der Waals surface area contributed by atoms with E-state index in [1.165, 1.54) is 37.2 Å². The maximum absolute atomic E-state index is 5.48. The number of ether oxygens (including phenoxy) is 2. The smallest absolute Gasteiger partial charge is 0.147 e. The minimum absolute atomic E-state index is 0.804. The van der Waals surface area contributed by atoms with E-state index in [1.54, 1.807) is 21.6 Å². The van der Waals surface area contributed by atoms with Crippen LogP contribution in [0.1, 0.15) is 25.7 Å². The number of hydrogen-bond donors (Lipinski definition) is 0. The van der Waals surface area contributed by atoms with Gasteiger partial charge in [-0.3, -0.25) is 0 Å². The average Bonchev–Trinajstić information content (AvgIpc) is 2.70. The van der Waals surface area contributed by atoms with Crippen LogP contribution in [0.4, 0.5) is 0 Å². The van der Waals surface area contributed by atoms with E-state index in [0.29, 0.717) is 0 Å².